The second-order valence-electron chi connectivity index (χ2n) is 16.9. The summed E-state index contributed by atoms with van der Waals surface area (Å²) in [7, 11) is 3.12. The molecular formula is C40H64N6O8. The molecule has 1 heterocycles. The molecule has 0 aliphatic carbocycles. The van der Waals surface area contributed by atoms with Crippen LogP contribution in [0.1, 0.15) is 112 Å². The van der Waals surface area contributed by atoms with Crippen molar-refractivity contribution < 1.29 is 38.3 Å². The highest BCUT2D eigenvalue weighted by Gasteiger charge is 2.46. The number of alkyl carbamates (subject to hydrolysis) is 1. The van der Waals surface area contributed by atoms with E-state index in [9.17, 15) is 33.6 Å². The van der Waals surface area contributed by atoms with E-state index in [1.165, 1.54) is 9.80 Å². The molecule has 0 aromatic heterocycles. The minimum atomic E-state index is -1.21. The predicted molar refractivity (Wildman–Crippen MR) is 206 cm³/mol. The van der Waals surface area contributed by atoms with Crippen molar-refractivity contribution in [1.82, 2.24) is 31.1 Å². The van der Waals surface area contributed by atoms with Gasteiger partial charge in [-0.25, -0.2) is 4.79 Å². The van der Waals surface area contributed by atoms with Crippen molar-refractivity contribution in [2.75, 3.05) is 27.2 Å². The Morgan fingerprint density at radius 2 is 1.54 bits per heavy atom. The number of hydrogen-bond acceptors (Lipinski definition) is 8. The summed E-state index contributed by atoms with van der Waals surface area (Å²) in [5, 5.41) is 10.4. The van der Waals surface area contributed by atoms with Crippen LogP contribution in [0.5, 0.6) is 0 Å². The van der Waals surface area contributed by atoms with Crippen LogP contribution in [0, 0.1) is 17.3 Å². The Morgan fingerprint density at radius 3 is 2.07 bits per heavy atom. The molecule has 1 aromatic rings. The molecule has 5 atom stereocenters. The first-order chi connectivity index (χ1) is 25.0. The summed E-state index contributed by atoms with van der Waals surface area (Å²) in [5.74, 6) is -3.66. The molecule has 14 nitrogen and oxygen atoms in total. The number of amides is 6. The lowest BCUT2D eigenvalue weighted by molar-refractivity contribution is -0.144. The number of likely N-dealkylation sites (N-methyl/N-ethyl adjacent to an activating group) is 1. The van der Waals surface area contributed by atoms with E-state index in [0.717, 1.165) is 12.8 Å². The maximum Gasteiger partial charge on any atom is 0.408 e. The first-order valence-electron chi connectivity index (χ1n) is 19.0. The molecule has 0 radical (unpaired) electrons. The van der Waals surface area contributed by atoms with Gasteiger partial charge in [-0.15, -0.1) is 0 Å². The van der Waals surface area contributed by atoms with Gasteiger partial charge in [0.25, 0.3) is 5.91 Å². The van der Waals surface area contributed by atoms with Gasteiger partial charge >= 0.3 is 6.09 Å². The minimum absolute atomic E-state index is 0.0000567. The zero-order valence-electron chi connectivity index (χ0n) is 34.2. The third kappa shape index (κ3) is 14.4. The van der Waals surface area contributed by atoms with Gasteiger partial charge in [0.2, 0.25) is 29.4 Å². The van der Waals surface area contributed by atoms with Gasteiger partial charge in [-0.1, -0.05) is 91.1 Å². The van der Waals surface area contributed by atoms with E-state index >= 15 is 0 Å². The molecule has 14 heteroatoms. The highest BCUT2D eigenvalue weighted by atomic mass is 16.6. The highest BCUT2D eigenvalue weighted by molar-refractivity contribution is 6.38. The normalized spacial score (nSPS) is 17.5. The molecule has 4 N–H and O–H groups in total. The van der Waals surface area contributed by atoms with Crippen LogP contribution in [0.4, 0.5) is 4.79 Å². The zero-order valence-corrected chi connectivity index (χ0v) is 34.2. The molecule has 0 saturated carbocycles. The van der Waals surface area contributed by atoms with Gasteiger partial charge < -0.3 is 35.8 Å². The maximum absolute atomic E-state index is 14.3. The third-order valence-corrected chi connectivity index (χ3v) is 9.14. The molecule has 6 amide bonds. The fraction of sp³-hybridized carbons (Fsp3) is 0.675. The Labute approximate surface area is 321 Å². The van der Waals surface area contributed by atoms with Gasteiger partial charge in [0, 0.05) is 20.6 Å². The van der Waals surface area contributed by atoms with Gasteiger partial charge in [-0.05, 0) is 62.8 Å². The smallest absolute Gasteiger partial charge is 0.408 e. The largest absolute Gasteiger partial charge is 0.444 e. The summed E-state index contributed by atoms with van der Waals surface area (Å²) < 4.78 is 5.45. The quantitative estimate of drug-likeness (QED) is 0.173. The number of ketones is 1. The van der Waals surface area contributed by atoms with Crippen LogP contribution in [0.3, 0.4) is 0 Å². The molecule has 1 aromatic carbocycles. The van der Waals surface area contributed by atoms with Gasteiger partial charge in [-0.2, -0.15) is 0 Å². The number of likely N-dealkylation sites (tertiary alicyclic amines) is 1. The van der Waals surface area contributed by atoms with Gasteiger partial charge in [-0.3, -0.25) is 28.8 Å². The third-order valence-electron chi connectivity index (χ3n) is 9.14. The second kappa shape index (κ2) is 20.3. The Bertz CT molecular complexity index is 1470. The molecule has 0 spiro atoms. The monoisotopic (exact) mass is 756 g/mol. The van der Waals surface area contributed by atoms with Crippen molar-refractivity contribution in [3.63, 3.8) is 0 Å². The van der Waals surface area contributed by atoms with Crippen LogP contribution in [-0.4, -0.2) is 102 Å². The molecular weight excluding hydrogens is 692 g/mol. The van der Waals surface area contributed by atoms with Crippen LogP contribution in [0.15, 0.2) is 30.3 Å². The summed E-state index contributed by atoms with van der Waals surface area (Å²) in [6.07, 6.45) is 2.63. The van der Waals surface area contributed by atoms with Gasteiger partial charge in [0.15, 0.2) is 0 Å². The van der Waals surface area contributed by atoms with Crippen LogP contribution in [0.25, 0.3) is 0 Å². The highest BCUT2D eigenvalue weighted by Crippen LogP contribution is 2.32. The number of benzene rings is 1. The van der Waals surface area contributed by atoms with E-state index in [-0.39, 0.29) is 24.8 Å². The number of carbonyl (C=O) groups is 7. The SMILES string of the molecule is CCCCC(NC(=O)[C@@H]1C[C@@H](CCC(C)C)CN1C(=O)[C@@H](NC(=O)OC(C)(C)C)C(C)(C)C)C(=O)C(=O)NCC(=O)NC(C(=O)N(C)C)c1ccccc1. The van der Waals surface area contributed by atoms with E-state index in [0.29, 0.717) is 30.7 Å². The summed E-state index contributed by atoms with van der Waals surface area (Å²) in [6.45, 7) is 16.4. The lowest BCUT2D eigenvalue weighted by Crippen LogP contribution is -2.59. The first-order valence-corrected chi connectivity index (χ1v) is 19.0. The van der Waals surface area contributed by atoms with E-state index in [2.05, 4.69) is 35.1 Å². The number of unbranched alkanes of at least 4 members (excludes halogenated alkanes) is 1. The Balaban J connectivity index is 2.26. The standard InChI is InChI=1S/C40H64N6O8/c1-12-13-19-28(32(48)35(50)41-23-30(47)43-31(36(51)45(10)11)27-17-15-14-16-18-27)42-34(49)29-22-26(21-20-25(2)3)24-46(29)37(52)33(39(4,5)6)44-38(53)54-40(7,8)9/h14-18,25-26,28-29,31,33H,12-13,19-24H2,1-11H3,(H,41,50)(H,42,49)(H,43,47)(H,44,53)/t26-,28?,29+,31?,33-/m1/s1. The number of rotatable bonds is 17. The van der Waals surface area contributed by atoms with E-state index in [4.69, 9.17) is 4.74 Å². The first kappa shape index (κ1) is 45.7. The van der Waals surface area contributed by atoms with E-state index in [1.807, 2.05) is 27.7 Å². The Kier molecular flexibility index (Phi) is 17.1. The van der Waals surface area contributed by atoms with Crippen LogP contribution < -0.4 is 21.3 Å². The van der Waals surface area contributed by atoms with Crippen molar-refractivity contribution in [3.8, 4) is 0 Å². The van der Waals surface area contributed by atoms with Gasteiger partial charge in [0.05, 0.1) is 12.6 Å². The lowest BCUT2D eigenvalue weighted by atomic mass is 9.85. The van der Waals surface area contributed by atoms with E-state index in [1.54, 1.807) is 65.2 Å². The van der Waals surface area contributed by atoms with Crippen LogP contribution >= 0.6 is 0 Å². The molecule has 302 valence electrons. The zero-order chi connectivity index (χ0) is 41.0. The number of ether oxygens (including phenoxy) is 1. The van der Waals surface area contributed by atoms with Crippen molar-refractivity contribution in [2.24, 2.45) is 17.3 Å². The molecule has 1 saturated heterocycles. The molecule has 0 bridgehead atoms. The van der Waals surface area contributed by atoms with Gasteiger partial charge in [0.1, 0.15) is 23.7 Å². The number of carbonyl (C=O) groups excluding carboxylic acids is 7. The van der Waals surface area contributed by atoms with E-state index < -0.39 is 77.2 Å². The summed E-state index contributed by atoms with van der Waals surface area (Å²) in [4.78, 5) is 96.4. The molecule has 1 fully saturated rings. The van der Waals surface area contributed by atoms with Crippen molar-refractivity contribution in [1.29, 1.82) is 0 Å². The van der Waals surface area contributed by atoms with Crippen molar-refractivity contribution in [2.45, 2.75) is 131 Å². The molecule has 2 rings (SSSR count). The van der Waals surface area contributed by atoms with Crippen molar-refractivity contribution in [3.05, 3.63) is 35.9 Å². The summed E-state index contributed by atoms with van der Waals surface area (Å²) >= 11 is 0. The second-order valence-corrected chi connectivity index (χ2v) is 16.9. The number of Topliss-reactive ketones (excluding diaryl/α,β-unsaturated/α-hetero) is 1. The maximum atomic E-state index is 14.3. The number of nitrogens with zero attached hydrogens (tertiary/aromatic N) is 2. The number of nitrogens with one attached hydrogen (secondary N) is 4. The van der Waals surface area contributed by atoms with Crippen LogP contribution in [-0.2, 0) is 33.5 Å². The summed E-state index contributed by atoms with van der Waals surface area (Å²) in [6, 6.07) is 4.46. The minimum Gasteiger partial charge on any atom is -0.444 e. The molecule has 1 aliphatic rings. The molecule has 54 heavy (non-hydrogen) atoms. The Hall–Kier alpha value is -4.49. The lowest BCUT2D eigenvalue weighted by Gasteiger charge is -2.36. The van der Waals surface area contributed by atoms with Crippen LogP contribution in [0.2, 0.25) is 0 Å². The molecule has 1 aliphatic heterocycles. The average Bonchev–Trinajstić information content (AvgIpc) is 3.52. The average molecular weight is 757 g/mol. The topological polar surface area (TPSA) is 183 Å². The predicted octanol–water partition coefficient (Wildman–Crippen LogP) is 3.89. The fourth-order valence-corrected chi connectivity index (χ4v) is 6.19. The Morgan fingerprint density at radius 1 is 0.907 bits per heavy atom. The molecule has 2 unspecified atom stereocenters. The summed E-state index contributed by atoms with van der Waals surface area (Å²) in [5.41, 5.74) is -0.982. The number of hydrogen-bond donors (Lipinski definition) is 4. The fourth-order valence-electron chi connectivity index (χ4n) is 6.19. The van der Waals surface area contributed by atoms with Crippen molar-refractivity contribution >= 4 is 41.4 Å².